The molecule has 0 aliphatic carbocycles. The number of thiophene rings is 1. The zero-order valence-corrected chi connectivity index (χ0v) is 39.1. The van der Waals surface area contributed by atoms with Gasteiger partial charge in [0, 0.05) is 58.6 Å². The number of nitrogens with zero attached hydrogens (tertiary/aromatic N) is 4. The first-order valence-corrected chi connectivity index (χ1v) is 25.1. The minimum atomic E-state index is 0.0312. The van der Waals surface area contributed by atoms with E-state index in [1.54, 1.807) is 0 Å². The van der Waals surface area contributed by atoms with Gasteiger partial charge in [-0.25, -0.2) is 0 Å². The molecule has 0 saturated heterocycles. The van der Waals surface area contributed by atoms with Gasteiger partial charge in [0.15, 0.2) is 0 Å². The molecule has 4 nitrogen and oxygen atoms in total. The first-order valence-electron chi connectivity index (χ1n) is 23.2. The number of hydrogen-bond donors (Lipinski definition) is 0. The van der Waals surface area contributed by atoms with Crippen molar-refractivity contribution in [2.75, 3.05) is 19.6 Å². The fourth-order valence-corrected chi connectivity index (χ4v) is 14.3. The summed E-state index contributed by atoms with van der Waals surface area (Å²) in [6.07, 6.45) is 3.32. The van der Waals surface area contributed by atoms with Crippen molar-refractivity contribution in [1.82, 2.24) is 0 Å². The molecule has 5 aliphatic rings. The highest BCUT2D eigenvalue weighted by atomic mass is 127. The molecule has 0 spiro atoms. The fraction of sp³-hybridized carbons (Fsp3) is 0.0690. The van der Waals surface area contributed by atoms with Crippen LogP contribution in [0, 0.1) is 3.57 Å². The summed E-state index contributed by atoms with van der Waals surface area (Å²) in [7, 11) is 0. The smallest absolute Gasteiger partial charge is 0.264 e. The number of fused-ring (bicyclic) bond motifs is 13. The van der Waals surface area contributed by atoms with E-state index in [4.69, 9.17) is 0 Å². The van der Waals surface area contributed by atoms with Gasteiger partial charge in [0.1, 0.15) is 0 Å². The number of unbranched alkanes of at least 4 members (excludes halogenated alkanes) is 1. The number of aryl methyl sites for hydroxylation is 1. The van der Waals surface area contributed by atoms with Crippen molar-refractivity contribution < 1.29 is 0 Å². The van der Waals surface area contributed by atoms with Crippen molar-refractivity contribution in [1.29, 1.82) is 0 Å². The van der Waals surface area contributed by atoms with Crippen molar-refractivity contribution in [3.63, 3.8) is 0 Å². The Morgan fingerprint density at radius 3 is 1.32 bits per heavy atom. The zero-order chi connectivity index (χ0) is 43.4. The van der Waals surface area contributed by atoms with Gasteiger partial charge in [-0.1, -0.05) is 123 Å². The van der Waals surface area contributed by atoms with Crippen LogP contribution in [0.25, 0.3) is 21.5 Å². The zero-order valence-electron chi connectivity index (χ0n) is 36.2. The van der Waals surface area contributed by atoms with Crippen LogP contribution in [0.1, 0.15) is 25.3 Å². The topological polar surface area (TPSA) is 13.0 Å². The van der Waals surface area contributed by atoms with E-state index < -0.39 is 0 Å². The van der Waals surface area contributed by atoms with E-state index in [0.29, 0.717) is 0 Å². The molecule has 9 aromatic carbocycles. The Kier molecular flexibility index (Phi) is 7.89. The molecule has 0 bridgehead atoms. The van der Waals surface area contributed by atoms with Gasteiger partial charge < -0.3 is 19.6 Å². The SMILES string of the molecule is CCCCc1cc2c3c(c1)N1c4ccccc4N4c5cc(I)cc6c5B(c5cc7ccccc7cc5N6c5ccccc5)c5sc(c1c54)B3c1cc3ccccc3cc1N2c1ccccc1. The monoisotopic (exact) mass is 972 g/mol. The molecular formula is C58H39B2IN4S. The Balaban J connectivity index is 1.08. The van der Waals surface area contributed by atoms with Crippen molar-refractivity contribution in [3.05, 3.63) is 191 Å². The van der Waals surface area contributed by atoms with Gasteiger partial charge in [-0.05, 0) is 157 Å². The van der Waals surface area contributed by atoms with Crippen LogP contribution in [0.5, 0.6) is 0 Å². The second-order valence-corrected chi connectivity index (χ2v) is 20.8. The lowest BCUT2D eigenvalue weighted by Gasteiger charge is -2.49. The maximum Gasteiger partial charge on any atom is 0.264 e. The number of anilines is 12. The molecule has 0 saturated carbocycles. The second-order valence-electron chi connectivity index (χ2n) is 18.4. The van der Waals surface area contributed by atoms with Gasteiger partial charge in [-0.15, -0.1) is 0 Å². The van der Waals surface area contributed by atoms with Crippen LogP contribution in [0.15, 0.2) is 182 Å². The Morgan fingerprint density at radius 2 is 0.833 bits per heavy atom. The number of halogens is 1. The quantitative estimate of drug-likeness (QED) is 0.126. The minimum Gasteiger partial charge on any atom is -0.311 e. The molecule has 0 atom stereocenters. The number of benzene rings is 9. The molecule has 8 heteroatoms. The van der Waals surface area contributed by atoms with E-state index in [1.807, 2.05) is 0 Å². The van der Waals surface area contributed by atoms with Crippen molar-refractivity contribution in [2.45, 2.75) is 26.2 Å². The summed E-state index contributed by atoms with van der Waals surface area (Å²) >= 11 is 4.64. The van der Waals surface area contributed by atoms with Crippen LogP contribution in [-0.2, 0) is 6.42 Å². The van der Waals surface area contributed by atoms with Gasteiger partial charge in [-0.2, -0.15) is 11.3 Å². The van der Waals surface area contributed by atoms with Crippen molar-refractivity contribution >= 4 is 169 Å². The summed E-state index contributed by atoms with van der Waals surface area (Å²) in [6.45, 7) is 2.38. The second kappa shape index (κ2) is 13.9. The highest BCUT2D eigenvalue weighted by molar-refractivity contribution is 14.1. The molecule has 310 valence electrons. The highest BCUT2D eigenvalue weighted by Crippen LogP contribution is 2.59. The molecule has 66 heavy (non-hydrogen) atoms. The van der Waals surface area contributed by atoms with Crippen molar-refractivity contribution in [3.8, 4) is 0 Å². The molecule has 0 radical (unpaired) electrons. The average Bonchev–Trinajstić information content (AvgIpc) is 3.75. The van der Waals surface area contributed by atoms with E-state index >= 15 is 0 Å². The average molecular weight is 973 g/mol. The standard InChI is InChI=1S/C58H39B2IN4S/c1-2-3-16-35-27-49-53-50(28-35)64-45-25-14-15-26-46(45)65-52-34-40(61)33-51-54(52)60(44-30-37-18-11-13-20-39(37)32-48(44)63(51)42-23-8-5-9-24-42)58-56(65)55(64)57(66-58)59(53)43-29-36-17-10-12-19-38(36)31-47(43)62(49)41-21-6-4-7-22-41/h4-15,17-34H,2-3,16H2,1H3. The third kappa shape index (κ3) is 5.01. The summed E-state index contributed by atoms with van der Waals surface area (Å²) in [5.74, 6) is 0. The first kappa shape index (κ1) is 37.5. The van der Waals surface area contributed by atoms with Gasteiger partial charge in [0.25, 0.3) is 13.4 Å². The van der Waals surface area contributed by atoms with Crippen LogP contribution in [0.3, 0.4) is 0 Å². The maximum absolute atomic E-state index is 2.69. The minimum absolute atomic E-state index is 0.0312. The Bertz CT molecular complexity index is 3720. The van der Waals surface area contributed by atoms with Crippen molar-refractivity contribution in [2.24, 2.45) is 0 Å². The summed E-state index contributed by atoms with van der Waals surface area (Å²) in [5.41, 5.74) is 22.0. The van der Waals surface area contributed by atoms with Crippen LogP contribution in [0.4, 0.5) is 68.2 Å². The molecular weight excluding hydrogens is 933 g/mol. The number of rotatable bonds is 5. The molecule has 0 unspecified atom stereocenters. The van der Waals surface area contributed by atoms with E-state index in [-0.39, 0.29) is 13.4 Å². The van der Waals surface area contributed by atoms with Crippen LogP contribution < -0.4 is 51.0 Å². The van der Waals surface area contributed by atoms with E-state index in [0.717, 1.165) is 19.3 Å². The normalized spacial score (nSPS) is 14.2. The van der Waals surface area contributed by atoms with Crippen LogP contribution >= 0.6 is 33.9 Å². The molecule has 6 heterocycles. The van der Waals surface area contributed by atoms with Crippen LogP contribution in [0.2, 0.25) is 0 Å². The lowest BCUT2D eigenvalue weighted by Crippen LogP contribution is -2.61. The highest BCUT2D eigenvalue weighted by Gasteiger charge is 2.54. The molecule has 1 aromatic heterocycles. The summed E-state index contributed by atoms with van der Waals surface area (Å²) in [5, 5.41) is 5.07. The first-order chi connectivity index (χ1) is 32.6. The Hall–Kier alpha value is -6.74. The molecule has 5 aliphatic heterocycles. The van der Waals surface area contributed by atoms with Gasteiger partial charge in [0.2, 0.25) is 0 Å². The fourth-order valence-electron chi connectivity index (χ4n) is 12.1. The van der Waals surface area contributed by atoms with Crippen LogP contribution in [-0.4, -0.2) is 13.4 Å². The number of hydrogen-bond acceptors (Lipinski definition) is 5. The summed E-state index contributed by atoms with van der Waals surface area (Å²) in [6, 6.07) is 69.1. The van der Waals surface area contributed by atoms with E-state index in [1.165, 1.54) is 130 Å². The molecule has 10 aromatic rings. The maximum atomic E-state index is 2.69. The molecule has 15 rings (SSSR count). The lowest BCUT2D eigenvalue weighted by molar-refractivity contribution is 0.795. The Labute approximate surface area is 402 Å². The third-order valence-corrected chi connectivity index (χ3v) is 16.7. The van der Waals surface area contributed by atoms with Gasteiger partial charge in [-0.3, -0.25) is 0 Å². The number of para-hydroxylation sites is 4. The third-order valence-electron chi connectivity index (χ3n) is 14.8. The predicted molar refractivity (Wildman–Crippen MR) is 292 cm³/mol. The molecule has 0 N–H and O–H groups in total. The molecule has 0 fully saturated rings. The largest absolute Gasteiger partial charge is 0.311 e. The van der Waals surface area contributed by atoms with E-state index in [9.17, 15) is 0 Å². The van der Waals surface area contributed by atoms with Gasteiger partial charge in [0.05, 0.1) is 22.7 Å². The lowest BCUT2D eigenvalue weighted by atomic mass is 9.35. The summed E-state index contributed by atoms with van der Waals surface area (Å²) in [4.78, 5) is 10.5. The predicted octanol–water partition coefficient (Wildman–Crippen LogP) is 12.5. The van der Waals surface area contributed by atoms with Gasteiger partial charge >= 0.3 is 0 Å². The molecule has 0 amide bonds. The Morgan fingerprint density at radius 1 is 0.424 bits per heavy atom. The van der Waals surface area contributed by atoms with E-state index in [2.05, 4.69) is 242 Å². The summed E-state index contributed by atoms with van der Waals surface area (Å²) < 4.78 is 4.07.